The first-order chi connectivity index (χ1) is 28.6. The van der Waals surface area contributed by atoms with Gasteiger partial charge in [0.15, 0.2) is 0 Å². The second-order valence-corrected chi connectivity index (χ2v) is 14.1. The van der Waals surface area contributed by atoms with Crippen LogP contribution >= 0.6 is 0 Å². The minimum absolute atomic E-state index is 0.0540. The summed E-state index contributed by atoms with van der Waals surface area (Å²) in [6.45, 7) is 11.2. The molecule has 318 valence electrons. The number of benzene rings is 3. The molecule has 3 aromatic carbocycles. The van der Waals surface area contributed by atoms with Gasteiger partial charge < -0.3 is 49.8 Å². The molecular formula is C43H58N8O8. The number of likely N-dealkylation sites (N-methyl/N-ethyl adjacent to an activating group) is 1. The fraction of sp³-hybridized carbons (Fsp3) is 0.442. The molecule has 59 heavy (non-hydrogen) atoms. The van der Waals surface area contributed by atoms with Crippen LogP contribution in [0.15, 0.2) is 60.8 Å². The van der Waals surface area contributed by atoms with Crippen molar-refractivity contribution in [1.29, 1.82) is 0 Å². The monoisotopic (exact) mass is 814 g/mol. The summed E-state index contributed by atoms with van der Waals surface area (Å²) >= 11 is 0. The number of alkyl carbamates (subject to hydrolysis) is 1. The third-order valence-corrected chi connectivity index (χ3v) is 9.22. The number of imidazole rings is 2. The molecule has 2 atom stereocenters. The van der Waals surface area contributed by atoms with E-state index in [0.717, 1.165) is 50.0 Å². The van der Waals surface area contributed by atoms with Crippen molar-refractivity contribution in [2.75, 3.05) is 67.3 Å². The van der Waals surface area contributed by atoms with Gasteiger partial charge in [0.25, 0.3) is 6.47 Å². The average Bonchev–Trinajstić information content (AvgIpc) is 3.91. The van der Waals surface area contributed by atoms with Crippen LogP contribution in [0.5, 0.6) is 0 Å². The number of hydrogen-bond acceptors (Lipinski definition) is 11. The fourth-order valence-electron chi connectivity index (χ4n) is 6.32. The first-order valence-electron chi connectivity index (χ1n) is 19.8. The van der Waals surface area contributed by atoms with Crippen LogP contribution in [0.25, 0.3) is 44.2 Å². The highest BCUT2D eigenvalue weighted by Gasteiger charge is 2.36. The van der Waals surface area contributed by atoms with E-state index in [2.05, 4.69) is 92.0 Å². The number of hydrogen-bond donors (Lipinski definition) is 5. The number of aromatic amines is 2. The normalized spacial score (nSPS) is 14.1. The number of morpholine rings is 1. The summed E-state index contributed by atoms with van der Waals surface area (Å²) < 4.78 is 20.0. The molecule has 3 heterocycles. The lowest BCUT2D eigenvalue weighted by atomic mass is 9.99. The molecule has 16 nitrogen and oxygen atoms in total. The maximum absolute atomic E-state index is 13.7. The van der Waals surface area contributed by atoms with Crippen molar-refractivity contribution >= 4 is 46.2 Å². The number of rotatable bonds is 15. The summed E-state index contributed by atoms with van der Waals surface area (Å²) in [7, 11) is 4.33. The molecule has 1 saturated heterocycles. The molecule has 1 aliphatic rings. The Hall–Kier alpha value is -5.84. The lowest BCUT2D eigenvalue weighted by Crippen LogP contribution is -2.54. The zero-order valence-corrected chi connectivity index (χ0v) is 35.1. The van der Waals surface area contributed by atoms with E-state index in [1.165, 1.54) is 20.6 Å². The number of H-pyrrole nitrogens is 2. The van der Waals surface area contributed by atoms with Gasteiger partial charge >= 0.3 is 6.09 Å². The molecule has 0 saturated carbocycles. The van der Waals surface area contributed by atoms with Crippen LogP contribution < -0.4 is 16.0 Å². The average molecular weight is 815 g/mol. The maximum atomic E-state index is 13.7. The van der Waals surface area contributed by atoms with Gasteiger partial charge in [-0.3, -0.25) is 14.4 Å². The highest BCUT2D eigenvalue weighted by atomic mass is 16.5. The number of aromatic nitrogens is 4. The summed E-state index contributed by atoms with van der Waals surface area (Å²) in [5, 5.41) is 10.5. The van der Waals surface area contributed by atoms with E-state index >= 15 is 0 Å². The Bertz CT molecular complexity index is 2120. The molecule has 0 aliphatic carbocycles. The SMILES string of the molecule is CCC.CNCC(=O)NCCOCCc1ncc(-c2ccc3cc(-c4ccc5nc(C6COCCN6C(=O)C(NC(=O)OC)C(C)C)[nH]c5c4)ccc3c2)[nH]1.COC=O. The quantitative estimate of drug-likeness (QED) is 0.0691. The molecule has 3 amide bonds. The molecule has 0 bridgehead atoms. The molecule has 0 radical (unpaired) electrons. The predicted molar refractivity (Wildman–Crippen MR) is 227 cm³/mol. The van der Waals surface area contributed by atoms with Gasteiger partial charge in [-0.2, -0.15) is 0 Å². The highest BCUT2D eigenvalue weighted by molar-refractivity contribution is 5.92. The number of ether oxygens (including phenoxy) is 4. The molecule has 1 fully saturated rings. The molecule has 5 aromatic rings. The van der Waals surface area contributed by atoms with Crippen LogP contribution in [0.3, 0.4) is 0 Å². The van der Waals surface area contributed by atoms with Gasteiger partial charge in [-0.05, 0) is 59.1 Å². The number of carbonyl (C=O) groups excluding carboxylic acids is 4. The van der Waals surface area contributed by atoms with Crippen LogP contribution in [-0.2, 0) is 39.8 Å². The standard InChI is InChI=1S/C38H46N8O6.C3H8.C2H4O2/c1-23(2)35(45-38(49)50-4)37(48)46-13-16-52-22-32(46)36-43-29-10-9-27(19-30(29)44-36)25-5-6-26-18-28(8-7-24(26)17-25)31-20-41-33(42-31)11-14-51-15-12-40-34(47)21-39-3;1-3-2;1-4-2-3/h5-10,17-20,23,32,35,39H,11-16,21-22H2,1-4H3,(H,40,47)(H,41,42)(H,43,44)(H,45,49);3H2,1-2H3;2H,1H3. The molecule has 5 N–H and O–H groups in total. The predicted octanol–water partition coefficient (Wildman–Crippen LogP) is 5.15. The fourth-order valence-corrected chi connectivity index (χ4v) is 6.32. The van der Waals surface area contributed by atoms with Crippen LogP contribution in [0.1, 0.15) is 51.8 Å². The minimum Gasteiger partial charge on any atom is -0.471 e. The first-order valence-corrected chi connectivity index (χ1v) is 19.8. The zero-order valence-electron chi connectivity index (χ0n) is 35.1. The van der Waals surface area contributed by atoms with E-state index in [0.29, 0.717) is 58.2 Å². The van der Waals surface area contributed by atoms with Crippen LogP contribution in [0.2, 0.25) is 0 Å². The van der Waals surface area contributed by atoms with Crippen molar-refractivity contribution in [3.63, 3.8) is 0 Å². The number of amides is 3. The van der Waals surface area contributed by atoms with Crippen molar-refractivity contribution in [2.24, 2.45) is 5.92 Å². The lowest BCUT2D eigenvalue weighted by molar-refractivity contribution is -0.143. The third kappa shape index (κ3) is 13.1. The highest BCUT2D eigenvalue weighted by Crippen LogP contribution is 2.31. The van der Waals surface area contributed by atoms with Crippen molar-refractivity contribution in [3.8, 4) is 22.4 Å². The van der Waals surface area contributed by atoms with E-state index in [-0.39, 0.29) is 24.3 Å². The molecule has 0 spiro atoms. The Morgan fingerprint density at radius 2 is 1.66 bits per heavy atom. The Balaban J connectivity index is 0.00000102. The van der Waals surface area contributed by atoms with Gasteiger partial charge in [0.05, 0.1) is 70.1 Å². The molecule has 2 unspecified atom stereocenters. The van der Waals surface area contributed by atoms with Gasteiger partial charge in [0, 0.05) is 25.1 Å². The second-order valence-electron chi connectivity index (χ2n) is 14.1. The summed E-state index contributed by atoms with van der Waals surface area (Å²) in [6.07, 6.45) is 3.09. The summed E-state index contributed by atoms with van der Waals surface area (Å²) in [5.74, 6) is 1.08. The van der Waals surface area contributed by atoms with Crippen molar-refractivity contribution in [3.05, 3.63) is 72.4 Å². The minimum atomic E-state index is -0.739. The second kappa shape index (κ2) is 23.5. The number of nitrogens with zero attached hydrogens (tertiary/aromatic N) is 3. The van der Waals surface area contributed by atoms with Crippen molar-refractivity contribution in [2.45, 2.75) is 52.6 Å². The van der Waals surface area contributed by atoms with E-state index in [4.69, 9.17) is 24.0 Å². The largest absolute Gasteiger partial charge is 0.471 e. The molecule has 1 aliphatic heterocycles. The van der Waals surface area contributed by atoms with Crippen molar-refractivity contribution < 1.29 is 38.1 Å². The van der Waals surface area contributed by atoms with Crippen LogP contribution in [0.4, 0.5) is 4.79 Å². The van der Waals surface area contributed by atoms with E-state index in [1.54, 1.807) is 11.9 Å². The topological polar surface area (TPSA) is 202 Å². The van der Waals surface area contributed by atoms with E-state index in [1.807, 2.05) is 32.2 Å². The van der Waals surface area contributed by atoms with Crippen molar-refractivity contribution in [1.82, 2.24) is 40.8 Å². The van der Waals surface area contributed by atoms with Crippen LogP contribution in [0, 0.1) is 5.92 Å². The summed E-state index contributed by atoms with van der Waals surface area (Å²) in [4.78, 5) is 64.1. The smallest absolute Gasteiger partial charge is 0.407 e. The van der Waals surface area contributed by atoms with Gasteiger partial charge in [-0.1, -0.05) is 64.4 Å². The summed E-state index contributed by atoms with van der Waals surface area (Å²) in [6, 6.07) is 17.7. The Kier molecular flexibility index (Phi) is 18.3. The Morgan fingerprint density at radius 3 is 2.34 bits per heavy atom. The Morgan fingerprint density at radius 1 is 0.983 bits per heavy atom. The zero-order chi connectivity index (χ0) is 42.7. The summed E-state index contributed by atoms with van der Waals surface area (Å²) in [5.41, 5.74) is 5.71. The van der Waals surface area contributed by atoms with Gasteiger partial charge in [0.2, 0.25) is 11.8 Å². The Labute approximate surface area is 345 Å². The van der Waals surface area contributed by atoms with Gasteiger partial charge in [0.1, 0.15) is 23.7 Å². The third-order valence-electron chi connectivity index (χ3n) is 9.22. The van der Waals surface area contributed by atoms with Gasteiger partial charge in [-0.25, -0.2) is 14.8 Å². The number of fused-ring (bicyclic) bond motifs is 2. The number of nitrogens with one attached hydrogen (secondary N) is 5. The molecular weight excluding hydrogens is 757 g/mol. The van der Waals surface area contributed by atoms with E-state index in [9.17, 15) is 14.4 Å². The van der Waals surface area contributed by atoms with Gasteiger partial charge in [-0.15, -0.1) is 0 Å². The molecule has 16 heteroatoms. The first kappa shape index (κ1) is 45.9. The van der Waals surface area contributed by atoms with Crippen LogP contribution in [-0.4, -0.2) is 123 Å². The number of carbonyl (C=O) groups is 4. The molecule has 2 aromatic heterocycles. The lowest BCUT2D eigenvalue weighted by Gasteiger charge is -2.37. The van der Waals surface area contributed by atoms with E-state index < -0.39 is 18.2 Å². The molecule has 6 rings (SSSR count). The maximum Gasteiger partial charge on any atom is 0.407 e. The number of methoxy groups -OCH3 is 2.